The van der Waals surface area contributed by atoms with Gasteiger partial charge in [-0.2, -0.15) is 0 Å². The van der Waals surface area contributed by atoms with Crippen molar-refractivity contribution >= 4 is 52.5 Å². The molecule has 4 rings (SSSR count). The van der Waals surface area contributed by atoms with Crippen molar-refractivity contribution in [1.29, 1.82) is 0 Å². The molecule has 0 saturated carbocycles. The van der Waals surface area contributed by atoms with Gasteiger partial charge in [-0.1, -0.05) is 41.9 Å². The number of aromatic nitrogens is 1. The predicted octanol–water partition coefficient (Wildman–Crippen LogP) is 2.29. The quantitative estimate of drug-likeness (QED) is 0.699. The molecule has 0 bridgehead atoms. The number of carboxylic acids is 1. The van der Waals surface area contributed by atoms with Gasteiger partial charge in [-0.05, 0) is 0 Å². The van der Waals surface area contributed by atoms with Crippen LogP contribution in [0.25, 0.3) is 10.6 Å². The molecule has 28 heavy (non-hydrogen) atoms. The van der Waals surface area contributed by atoms with E-state index in [9.17, 15) is 19.5 Å². The van der Waals surface area contributed by atoms with E-state index in [1.165, 1.54) is 23.1 Å². The number of hydrogen-bond acceptors (Lipinski definition) is 6. The third-order valence-electron chi connectivity index (χ3n) is 4.36. The summed E-state index contributed by atoms with van der Waals surface area (Å²) in [5.41, 5.74) is 1.40. The Kier molecular flexibility index (Phi) is 5.13. The molecule has 7 nitrogen and oxygen atoms in total. The van der Waals surface area contributed by atoms with Crippen molar-refractivity contribution in [2.24, 2.45) is 0 Å². The topological polar surface area (TPSA) is 99.6 Å². The summed E-state index contributed by atoms with van der Waals surface area (Å²) in [6, 6.07) is 8.90. The molecule has 2 aromatic rings. The van der Waals surface area contributed by atoms with Gasteiger partial charge in [0.25, 0.3) is 5.91 Å². The summed E-state index contributed by atoms with van der Waals surface area (Å²) in [7, 11) is 0. The number of thioether (sulfide) groups is 1. The molecule has 0 radical (unpaired) electrons. The third-order valence-corrected chi connectivity index (χ3v) is 7.05. The first kappa shape index (κ1) is 19.0. The zero-order valence-electron chi connectivity index (χ0n) is 14.3. The van der Waals surface area contributed by atoms with E-state index in [1.807, 2.05) is 35.7 Å². The van der Waals surface area contributed by atoms with Gasteiger partial charge in [0.05, 0.1) is 17.1 Å². The van der Waals surface area contributed by atoms with E-state index in [0.717, 1.165) is 15.5 Å². The number of aliphatic carboxylic acids is 1. The van der Waals surface area contributed by atoms with Gasteiger partial charge in [0.2, 0.25) is 5.91 Å². The van der Waals surface area contributed by atoms with Crippen molar-refractivity contribution in [1.82, 2.24) is 15.2 Å². The Bertz CT molecular complexity index is 992. The van der Waals surface area contributed by atoms with E-state index < -0.39 is 23.3 Å². The van der Waals surface area contributed by atoms with Crippen LogP contribution < -0.4 is 5.32 Å². The van der Waals surface area contributed by atoms with Crippen LogP contribution in [0, 0.1) is 0 Å². The van der Waals surface area contributed by atoms with Crippen LogP contribution in [0.5, 0.6) is 0 Å². The van der Waals surface area contributed by atoms with Crippen LogP contribution in [0.2, 0.25) is 0 Å². The highest BCUT2D eigenvalue weighted by Crippen LogP contribution is 2.41. The number of carboxylic acid groups (broad SMARTS) is 1. The van der Waals surface area contributed by atoms with Gasteiger partial charge in [0, 0.05) is 16.7 Å². The second kappa shape index (κ2) is 7.57. The predicted molar refractivity (Wildman–Crippen MR) is 107 cm³/mol. The number of fused-ring (bicyclic) bond motifs is 1. The second-order valence-corrected chi connectivity index (χ2v) is 8.62. The molecule has 2 amide bonds. The standard InChI is InChI=1S/C18H14ClN3O4S2/c19-11-8-28-17-13(16(24)22(17)14(11)18(25)26)21-12(23)6-10-7-27-15(20-10)9-4-2-1-3-5-9/h1-5,7,13,17H,6,8H2,(H,21,23)(H,25,26)/t13-,17+/m1/s1. The number of rotatable bonds is 5. The van der Waals surface area contributed by atoms with Crippen molar-refractivity contribution in [3.05, 3.63) is 52.1 Å². The van der Waals surface area contributed by atoms with Gasteiger partial charge in [-0.25, -0.2) is 9.78 Å². The second-order valence-electron chi connectivity index (χ2n) is 6.20. The van der Waals surface area contributed by atoms with Crippen LogP contribution in [0.4, 0.5) is 0 Å². The maximum Gasteiger partial charge on any atom is 0.353 e. The summed E-state index contributed by atoms with van der Waals surface area (Å²) < 4.78 is 0. The first-order valence-electron chi connectivity index (χ1n) is 8.31. The molecular weight excluding hydrogens is 422 g/mol. The summed E-state index contributed by atoms with van der Waals surface area (Å²) in [6.45, 7) is 0. The Morgan fingerprint density at radius 3 is 2.79 bits per heavy atom. The van der Waals surface area contributed by atoms with Crippen molar-refractivity contribution in [3.8, 4) is 10.6 Å². The Hall–Kier alpha value is -2.36. The van der Waals surface area contributed by atoms with E-state index in [2.05, 4.69) is 10.3 Å². The number of carbonyl (C=O) groups is 3. The van der Waals surface area contributed by atoms with Gasteiger partial charge >= 0.3 is 5.97 Å². The van der Waals surface area contributed by atoms with Gasteiger partial charge in [0.1, 0.15) is 22.1 Å². The van der Waals surface area contributed by atoms with Crippen LogP contribution >= 0.6 is 34.7 Å². The summed E-state index contributed by atoms with van der Waals surface area (Å²) in [6.07, 6.45) is 0.0485. The molecule has 2 atom stereocenters. The first-order chi connectivity index (χ1) is 13.5. The summed E-state index contributed by atoms with van der Waals surface area (Å²) in [4.78, 5) is 41.7. The zero-order chi connectivity index (χ0) is 19.8. The lowest BCUT2D eigenvalue weighted by atomic mass is 10.0. The monoisotopic (exact) mass is 435 g/mol. The van der Waals surface area contributed by atoms with Crippen LogP contribution in [-0.2, 0) is 20.8 Å². The molecule has 2 N–H and O–H groups in total. The Morgan fingerprint density at radius 2 is 2.07 bits per heavy atom. The number of β-lactam (4-membered cyclic amide) rings is 1. The Balaban J connectivity index is 1.40. The molecule has 1 saturated heterocycles. The number of amides is 2. The molecule has 0 spiro atoms. The largest absolute Gasteiger partial charge is 0.477 e. The zero-order valence-corrected chi connectivity index (χ0v) is 16.7. The van der Waals surface area contributed by atoms with Crippen molar-refractivity contribution in [2.45, 2.75) is 17.8 Å². The number of nitrogens with one attached hydrogen (secondary N) is 1. The van der Waals surface area contributed by atoms with Crippen molar-refractivity contribution in [2.75, 3.05) is 5.75 Å². The van der Waals surface area contributed by atoms with E-state index in [1.54, 1.807) is 0 Å². The maximum atomic E-state index is 12.4. The molecule has 2 aliphatic heterocycles. The third kappa shape index (κ3) is 3.41. The molecule has 144 valence electrons. The van der Waals surface area contributed by atoms with Gasteiger partial charge in [-0.15, -0.1) is 23.1 Å². The molecule has 0 aliphatic carbocycles. The van der Waals surface area contributed by atoms with Crippen LogP contribution in [0.15, 0.2) is 46.4 Å². The maximum absolute atomic E-state index is 12.4. The highest BCUT2D eigenvalue weighted by atomic mass is 35.5. The van der Waals surface area contributed by atoms with Crippen molar-refractivity contribution < 1.29 is 19.5 Å². The lowest BCUT2D eigenvalue weighted by Gasteiger charge is -2.48. The van der Waals surface area contributed by atoms with Gasteiger partial charge in [-0.3, -0.25) is 14.5 Å². The van der Waals surface area contributed by atoms with E-state index >= 15 is 0 Å². The number of nitrogens with zero attached hydrogens (tertiary/aromatic N) is 2. The fourth-order valence-electron chi connectivity index (χ4n) is 3.07. The minimum atomic E-state index is -1.25. The summed E-state index contributed by atoms with van der Waals surface area (Å²) in [5, 5.41) is 14.3. The normalized spacial score (nSPS) is 21.2. The highest BCUT2D eigenvalue weighted by molar-refractivity contribution is 8.00. The molecule has 3 heterocycles. The SMILES string of the molecule is O=C(Cc1csc(-c2ccccc2)n1)N[C@@H]1C(=O)N2C(C(=O)O)=C(Cl)CS[C@@H]12. The molecule has 1 aromatic carbocycles. The van der Waals surface area contributed by atoms with Gasteiger partial charge < -0.3 is 10.4 Å². The number of halogens is 1. The number of hydrogen-bond donors (Lipinski definition) is 2. The minimum absolute atomic E-state index is 0.0485. The first-order valence-corrected chi connectivity index (χ1v) is 10.6. The lowest BCUT2D eigenvalue weighted by molar-refractivity contribution is -0.150. The number of thiazole rings is 1. The molecule has 2 aliphatic rings. The van der Waals surface area contributed by atoms with Crippen LogP contribution in [-0.4, -0.2) is 49.9 Å². The smallest absolute Gasteiger partial charge is 0.353 e. The van der Waals surface area contributed by atoms with E-state index in [0.29, 0.717) is 5.69 Å². The minimum Gasteiger partial charge on any atom is -0.477 e. The van der Waals surface area contributed by atoms with Gasteiger partial charge in [0.15, 0.2) is 0 Å². The fraction of sp³-hybridized carbons (Fsp3) is 0.222. The number of carbonyl (C=O) groups excluding carboxylic acids is 2. The lowest BCUT2D eigenvalue weighted by Crippen LogP contribution is -2.70. The van der Waals surface area contributed by atoms with Crippen LogP contribution in [0.3, 0.4) is 0 Å². The van der Waals surface area contributed by atoms with Crippen molar-refractivity contribution in [3.63, 3.8) is 0 Å². The van der Waals surface area contributed by atoms with Crippen LogP contribution in [0.1, 0.15) is 5.69 Å². The summed E-state index contributed by atoms with van der Waals surface area (Å²) in [5.74, 6) is -1.76. The average Bonchev–Trinajstić information content (AvgIpc) is 3.14. The van der Waals surface area contributed by atoms with E-state index in [-0.39, 0.29) is 28.8 Å². The summed E-state index contributed by atoms with van der Waals surface area (Å²) >= 11 is 8.72. The molecule has 0 unspecified atom stereocenters. The molecule has 10 heteroatoms. The highest BCUT2D eigenvalue weighted by Gasteiger charge is 2.54. The Morgan fingerprint density at radius 1 is 1.32 bits per heavy atom. The van der Waals surface area contributed by atoms with E-state index in [4.69, 9.17) is 11.6 Å². The fourth-order valence-corrected chi connectivity index (χ4v) is 5.45. The average molecular weight is 436 g/mol. The Labute approximate surface area is 173 Å². The number of benzene rings is 1. The molecule has 1 aromatic heterocycles. The molecular formula is C18H14ClN3O4S2. The molecule has 1 fully saturated rings.